The third-order valence-electron chi connectivity index (χ3n) is 7.19. The Kier molecular flexibility index (Phi) is 5.19. The second-order valence-electron chi connectivity index (χ2n) is 9.42. The summed E-state index contributed by atoms with van der Waals surface area (Å²) >= 11 is 0. The summed E-state index contributed by atoms with van der Waals surface area (Å²) in [7, 11) is 0. The van der Waals surface area contributed by atoms with Gasteiger partial charge in [-0.25, -0.2) is 0 Å². The summed E-state index contributed by atoms with van der Waals surface area (Å²) in [6.45, 7) is 0. The highest BCUT2D eigenvalue weighted by molar-refractivity contribution is 6.15. The lowest BCUT2D eigenvalue weighted by atomic mass is 9.95. The second-order valence-corrected chi connectivity index (χ2v) is 9.42. The first kappa shape index (κ1) is 21.4. The van der Waals surface area contributed by atoms with Crippen molar-refractivity contribution in [1.29, 1.82) is 0 Å². The minimum absolute atomic E-state index is 1.13. The van der Waals surface area contributed by atoms with Crippen molar-refractivity contribution in [2.75, 3.05) is 4.90 Å². The molecule has 1 nitrogen and oxygen atoms in total. The van der Waals surface area contributed by atoms with E-state index >= 15 is 0 Å². The SMILES string of the molecule is c1ccc(-c2cc3ccccc3cc2N(c2ccccc2)c2cc3ccccc3c3ccccc23)cc1. The lowest BCUT2D eigenvalue weighted by molar-refractivity contribution is 1.31. The van der Waals surface area contributed by atoms with Gasteiger partial charge in [0.2, 0.25) is 0 Å². The summed E-state index contributed by atoms with van der Waals surface area (Å²) in [5.74, 6) is 0. The smallest absolute Gasteiger partial charge is 0.0546 e. The van der Waals surface area contributed by atoms with Crippen molar-refractivity contribution in [1.82, 2.24) is 0 Å². The van der Waals surface area contributed by atoms with Crippen LogP contribution in [0, 0.1) is 0 Å². The van der Waals surface area contributed by atoms with E-state index in [1.54, 1.807) is 0 Å². The van der Waals surface area contributed by atoms with Gasteiger partial charge in [0, 0.05) is 16.6 Å². The lowest BCUT2D eigenvalue weighted by Gasteiger charge is -2.30. The van der Waals surface area contributed by atoms with Crippen molar-refractivity contribution in [2.24, 2.45) is 0 Å². The minimum Gasteiger partial charge on any atom is -0.309 e. The first-order chi connectivity index (χ1) is 18.4. The van der Waals surface area contributed by atoms with E-state index in [0.717, 1.165) is 11.4 Å². The molecule has 0 aliphatic carbocycles. The molecule has 0 radical (unpaired) electrons. The third kappa shape index (κ3) is 3.73. The zero-order valence-electron chi connectivity index (χ0n) is 20.4. The predicted octanol–water partition coefficient (Wildman–Crippen LogP) is 10.3. The Morgan fingerprint density at radius 3 is 1.59 bits per heavy atom. The molecular weight excluding hydrogens is 446 g/mol. The fourth-order valence-corrected chi connectivity index (χ4v) is 5.47. The summed E-state index contributed by atoms with van der Waals surface area (Å²) in [6, 6.07) is 54.5. The monoisotopic (exact) mass is 471 g/mol. The van der Waals surface area contributed by atoms with Gasteiger partial charge < -0.3 is 4.90 Å². The quantitative estimate of drug-likeness (QED) is 0.231. The van der Waals surface area contributed by atoms with Crippen LogP contribution in [0.25, 0.3) is 43.4 Å². The molecule has 0 unspecified atom stereocenters. The van der Waals surface area contributed by atoms with Gasteiger partial charge in [-0.05, 0) is 62.8 Å². The molecule has 37 heavy (non-hydrogen) atoms. The molecule has 0 amide bonds. The van der Waals surface area contributed by atoms with Crippen LogP contribution in [-0.4, -0.2) is 0 Å². The number of para-hydroxylation sites is 1. The Morgan fingerprint density at radius 2 is 0.865 bits per heavy atom. The van der Waals surface area contributed by atoms with Crippen LogP contribution in [0.15, 0.2) is 152 Å². The van der Waals surface area contributed by atoms with Gasteiger partial charge in [-0.3, -0.25) is 0 Å². The van der Waals surface area contributed by atoms with Gasteiger partial charge in [0.15, 0.2) is 0 Å². The maximum Gasteiger partial charge on any atom is 0.0546 e. The Balaban J connectivity index is 1.62. The number of nitrogens with zero attached hydrogens (tertiary/aromatic N) is 1. The molecule has 0 aliphatic heterocycles. The van der Waals surface area contributed by atoms with E-state index in [1.807, 2.05) is 0 Å². The van der Waals surface area contributed by atoms with Crippen LogP contribution in [0.3, 0.4) is 0 Å². The molecular formula is C36H25N. The largest absolute Gasteiger partial charge is 0.309 e. The highest BCUT2D eigenvalue weighted by Gasteiger charge is 2.21. The van der Waals surface area contributed by atoms with Crippen molar-refractivity contribution in [2.45, 2.75) is 0 Å². The Labute approximate surface area is 216 Å². The second kappa shape index (κ2) is 8.96. The van der Waals surface area contributed by atoms with Crippen LogP contribution in [0.4, 0.5) is 17.1 Å². The molecule has 0 saturated heterocycles. The van der Waals surface area contributed by atoms with Gasteiger partial charge in [-0.15, -0.1) is 0 Å². The van der Waals surface area contributed by atoms with Crippen LogP contribution in [0.2, 0.25) is 0 Å². The first-order valence-electron chi connectivity index (χ1n) is 12.7. The van der Waals surface area contributed by atoms with Crippen LogP contribution in [0.1, 0.15) is 0 Å². The standard InChI is InChI=1S/C36H25N/c1-3-13-26(14-4-1)34-23-27-15-7-8-16-28(27)24-36(34)37(30-18-5-2-6-19-30)35-25-29-17-9-10-20-31(29)32-21-11-12-22-33(32)35/h1-25H. The first-order valence-corrected chi connectivity index (χ1v) is 12.7. The van der Waals surface area contributed by atoms with Gasteiger partial charge in [0.25, 0.3) is 0 Å². The van der Waals surface area contributed by atoms with E-state index in [1.165, 1.54) is 49.1 Å². The normalized spacial score (nSPS) is 11.2. The number of hydrogen-bond donors (Lipinski definition) is 0. The number of benzene rings is 7. The molecule has 0 aromatic heterocycles. The van der Waals surface area contributed by atoms with E-state index in [4.69, 9.17) is 0 Å². The van der Waals surface area contributed by atoms with Gasteiger partial charge in [-0.2, -0.15) is 0 Å². The molecule has 7 aromatic rings. The van der Waals surface area contributed by atoms with Gasteiger partial charge in [0.05, 0.1) is 11.4 Å². The number of rotatable bonds is 4. The number of hydrogen-bond acceptors (Lipinski definition) is 1. The van der Waals surface area contributed by atoms with Gasteiger partial charge in [-0.1, -0.05) is 121 Å². The molecule has 0 spiro atoms. The van der Waals surface area contributed by atoms with Crippen LogP contribution < -0.4 is 4.90 Å². The predicted molar refractivity (Wildman–Crippen MR) is 159 cm³/mol. The molecule has 0 bridgehead atoms. The molecule has 0 aliphatic rings. The highest BCUT2D eigenvalue weighted by atomic mass is 15.1. The van der Waals surface area contributed by atoms with Crippen molar-refractivity contribution in [3.05, 3.63) is 152 Å². The van der Waals surface area contributed by atoms with Crippen molar-refractivity contribution < 1.29 is 0 Å². The molecule has 0 N–H and O–H groups in total. The zero-order chi connectivity index (χ0) is 24.6. The zero-order valence-corrected chi connectivity index (χ0v) is 20.4. The van der Waals surface area contributed by atoms with Gasteiger partial charge in [0.1, 0.15) is 0 Å². The molecule has 174 valence electrons. The summed E-state index contributed by atoms with van der Waals surface area (Å²) in [6.07, 6.45) is 0. The molecule has 1 heteroatoms. The van der Waals surface area contributed by atoms with Crippen LogP contribution in [-0.2, 0) is 0 Å². The van der Waals surface area contributed by atoms with Crippen molar-refractivity contribution in [3.63, 3.8) is 0 Å². The minimum atomic E-state index is 1.13. The van der Waals surface area contributed by atoms with E-state index in [2.05, 4.69) is 157 Å². The Morgan fingerprint density at radius 1 is 0.351 bits per heavy atom. The average molecular weight is 472 g/mol. The lowest BCUT2D eigenvalue weighted by Crippen LogP contribution is -2.12. The van der Waals surface area contributed by atoms with Gasteiger partial charge >= 0.3 is 0 Å². The fourth-order valence-electron chi connectivity index (χ4n) is 5.47. The summed E-state index contributed by atoms with van der Waals surface area (Å²) < 4.78 is 0. The summed E-state index contributed by atoms with van der Waals surface area (Å²) in [4.78, 5) is 2.43. The van der Waals surface area contributed by atoms with Crippen LogP contribution >= 0.6 is 0 Å². The molecule has 0 saturated carbocycles. The third-order valence-corrected chi connectivity index (χ3v) is 7.19. The Bertz CT molecular complexity index is 1870. The number of fused-ring (bicyclic) bond motifs is 4. The molecule has 0 heterocycles. The molecule has 7 aromatic carbocycles. The fraction of sp³-hybridized carbons (Fsp3) is 0. The Hall–Kier alpha value is -4.88. The maximum atomic E-state index is 2.43. The topological polar surface area (TPSA) is 3.24 Å². The van der Waals surface area contributed by atoms with Crippen LogP contribution in [0.5, 0.6) is 0 Å². The van der Waals surface area contributed by atoms with E-state index in [0.29, 0.717) is 0 Å². The van der Waals surface area contributed by atoms with Crippen molar-refractivity contribution >= 4 is 49.4 Å². The van der Waals surface area contributed by atoms with E-state index in [-0.39, 0.29) is 0 Å². The number of anilines is 3. The molecule has 0 fully saturated rings. The van der Waals surface area contributed by atoms with E-state index < -0.39 is 0 Å². The van der Waals surface area contributed by atoms with Crippen molar-refractivity contribution in [3.8, 4) is 11.1 Å². The summed E-state index contributed by atoms with van der Waals surface area (Å²) in [5, 5.41) is 7.47. The average Bonchev–Trinajstić information content (AvgIpc) is 2.98. The summed E-state index contributed by atoms with van der Waals surface area (Å²) in [5.41, 5.74) is 5.88. The highest BCUT2D eigenvalue weighted by Crippen LogP contribution is 2.46. The van der Waals surface area contributed by atoms with E-state index in [9.17, 15) is 0 Å². The molecule has 0 atom stereocenters. The maximum absolute atomic E-state index is 2.43. The molecule has 7 rings (SSSR count).